The highest BCUT2D eigenvalue weighted by Gasteiger charge is 2.18. The largest absolute Gasteiger partial charge is 0.157 e. The Labute approximate surface area is 130 Å². The highest BCUT2D eigenvalue weighted by molar-refractivity contribution is 8.76. The third-order valence-electron chi connectivity index (χ3n) is 2.40. The quantitative estimate of drug-likeness (QED) is 0.331. The monoisotopic (exact) mass is 322 g/mol. The standard InChI is InChI=1S/C8H16S2.C6H10S2/c1-3-7-5-10-8(4-2)6-9-7;1-3-5-7-8-6-4-2/h7-8H,3-6H2,1-2H3;3-4H,1-2,5-6H2. The molecule has 106 valence electrons. The number of thioether (sulfide) groups is 2. The second-order valence-electron chi connectivity index (χ2n) is 3.87. The fourth-order valence-electron chi connectivity index (χ4n) is 1.25. The van der Waals surface area contributed by atoms with E-state index in [1.807, 2.05) is 12.2 Å². The van der Waals surface area contributed by atoms with Gasteiger partial charge in [0.1, 0.15) is 0 Å². The van der Waals surface area contributed by atoms with E-state index < -0.39 is 0 Å². The van der Waals surface area contributed by atoms with Crippen LogP contribution in [0.2, 0.25) is 0 Å². The Balaban J connectivity index is 0.000000331. The van der Waals surface area contributed by atoms with E-state index in [1.54, 1.807) is 21.6 Å². The van der Waals surface area contributed by atoms with Crippen molar-refractivity contribution in [2.45, 2.75) is 37.2 Å². The van der Waals surface area contributed by atoms with Crippen molar-refractivity contribution < 1.29 is 0 Å². The van der Waals surface area contributed by atoms with Crippen LogP contribution in [0.3, 0.4) is 0 Å². The summed E-state index contributed by atoms with van der Waals surface area (Å²) in [6.07, 6.45) is 6.52. The first-order valence-corrected chi connectivity index (χ1v) is 11.1. The lowest BCUT2D eigenvalue weighted by atomic mass is 10.3. The molecule has 2 atom stereocenters. The van der Waals surface area contributed by atoms with Gasteiger partial charge in [-0.1, -0.05) is 47.6 Å². The van der Waals surface area contributed by atoms with Gasteiger partial charge >= 0.3 is 0 Å². The third-order valence-corrected chi connectivity index (χ3v) is 8.18. The molecule has 2 unspecified atom stereocenters. The minimum atomic E-state index is 0.952. The Morgan fingerprint density at radius 1 is 0.944 bits per heavy atom. The molecule has 1 aliphatic heterocycles. The van der Waals surface area contributed by atoms with Crippen molar-refractivity contribution in [3.63, 3.8) is 0 Å². The summed E-state index contributed by atoms with van der Waals surface area (Å²) in [6, 6.07) is 0. The van der Waals surface area contributed by atoms with E-state index >= 15 is 0 Å². The molecule has 0 aromatic carbocycles. The third kappa shape index (κ3) is 10.8. The summed E-state index contributed by atoms with van der Waals surface area (Å²) in [5, 5.41) is 1.90. The molecule has 1 rings (SSSR count). The van der Waals surface area contributed by atoms with Gasteiger partial charge in [0.2, 0.25) is 0 Å². The van der Waals surface area contributed by atoms with Crippen molar-refractivity contribution in [1.29, 1.82) is 0 Å². The molecule has 1 saturated heterocycles. The molecule has 0 N–H and O–H groups in total. The van der Waals surface area contributed by atoms with Crippen LogP contribution >= 0.6 is 45.1 Å². The van der Waals surface area contributed by atoms with Crippen molar-refractivity contribution in [1.82, 2.24) is 0 Å². The first-order valence-electron chi connectivity index (χ1n) is 6.47. The predicted octanol–water partition coefficient (Wildman–Crippen LogP) is 5.76. The van der Waals surface area contributed by atoms with Gasteiger partial charge in [-0.15, -0.1) is 13.2 Å². The maximum atomic E-state index is 3.60. The molecular weight excluding hydrogens is 296 g/mol. The zero-order valence-corrected chi connectivity index (χ0v) is 14.9. The molecule has 0 spiro atoms. The maximum absolute atomic E-state index is 3.60. The lowest BCUT2D eigenvalue weighted by Gasteiger charge is -2.25. The minimum absolute atomic E-state index is 0.952. The van der Waals surface area contributed by atoms with Gasteiger partial charge in [-0.3, -0.25) is 0 Å². The van der Waals surface area contributed by atoms with Crippen LogP contribution < -0.4 is 0 Å². The minimum Gasteiger partial charge on any atom is -0.157 e. The summed E-state index contributed by atoms with van der Waals surface area (Å²) < 4.78 is 0. The van der Waals surface area contributed by atoms with Gasteiger partial charge in [0.15, 0.2) is 0 Å². The van der Waals surface area contributed by atoms with Gasteiger partial charge < -0.3 is 0 Å². The Kier molecular flexibility index (Phi) is 15.0. The van der Waals surface area contributed by atoms with Crippen molar-refractivity contribution in [3.8, 4) is 0 Å². The Morgan fingerprint density at radius 2 is 1.33 bits per heavy atom. The molecule has 0 aliphatic carbocycles. The van der Waals surface area contributed by atoms with Crippen molar-refractivity contribution in [2.24, 2.45) is 0 Å². The van der Waals surface area contributed by atoms with Crippen molar-refractivity contribution in [3.05, 3.63) is 25.3 Å². The number of hydrogen-bond acceptors (Lipinski definition) is 4. The van der Waals surface area contributed by atoms with Gasteiger partial charge in [-0.25, -0.2) is 0 Å². The number of hydrogen-bond donors (Lipinski definition) is 0. The van der Waals surface area contributed by atoms with E-state index in [0.29, 0.717) is 0 Å². The topological polar surface area (TPSA) is 0 Å². The van der Waals surface area contributed by atoms with Crippen LogP contribution in [0.1, 0.15) is 26.7 Å². The van der Waals surface area contributed by atoms with Gasteiger partial charge in [0.25, 0.3) is 0 Å². The van der Waals surface area contributed by atoms with Crippen LogP contribution in [0.4, 0.5) is 0 Å². The number of rotatable bonds is 7. The molecular formula is C14H26S4. The van der Waals surface area contributed by atoms with E-state index in [0.717, 1.165) is 22.0 Å². The summed E-state index contributed by atoms with van der Waals surface area (Å²) in [4.78, 5) is 0. The van der Waals surface area contributed by atoms with Gasteiger partial charge in [-0.2, -0.15) is 23.5 Å². The average Bonchev–Trinajstić information content (AvgIpc) is 2.44. The highest BCUT2D eigenvalue weighted by atomic mass is 33.1. The van der Waals surface area contributed by atoms with Crippen LogP contribution in [0.15, 0.2) is 25.3 Å². The zero-order chi connectivity index (χ0) is 13.6. The van der Waals surface area contributed by atoms with E-state index in [-0.39, 0.29) is 0 Å². The normalized spacial score (nSPS) is 22.8. The van der Waals surface area contributed by atoms with Crippen molar-refractivity contribution in [2.75, 3.05) is 23.0 Å². The van der Waals surface area contributed by atoms with Crippen LogP contribution in [0.5, 0.6) is 0 Å². The first-order chi connectivity index (χ1) is 8.78. The van der Waals surface area contributed by atoms with E-state index in [9.17, 15) is 0 Å². The average molecular weight is 323 g/mol. The van der Waals surface area contributed by atoms with Crippen LogP contribution in [0, 0.1) is 0 Å². The Hall–Kier alpha value is 0.880. The maximum Gasteiger partial charge on any atom is 0.0215 e. The van der Waals surface area contributed by atoms with E-state index in [1.165, 1.54) is 24.3 Å². The van der Waals surface area contributed by atoms with Crippen LogP contribution in [-0.2, 0) is 0 Å². The summed E-state index contributed by atoms with van der Waals surface area (Å²) in [5.74, 6) is 4.83. The summed E-state index contributed by atoms with van der Waals surface area (Å²) in [5.41, 5.74) is 0. The lowest BCUT2D eigenvalue weighted by molar-refractivity contribution is 0.861. The lowest BCUT2D eigenvalue weighted by Crippen LogP contribution is -2.19. The second kappa shape index (κ2) is 14.3. The molecule has 0 saturated carbocycles. The van der Waals surface area contributed by atoms with E-state index in [4.69, 9.17) is 0 Å². The zero-order valence-electron chi connectivity index (χ0n) is 11.6. The second-order valence-corrected chi connectivity index (χ2v) is 9.09. The molecule has 1 fully saturated rings. The van der Waals surface area contributed by atoms with Gasteiger partial charge in [0.05, 0.1) is 0 Å². The van der Waals surface area contributed by atoms with Crippen LogP contribution in [-0.4, -0.2) is 33.5 Å². The molecule has 0 aromatic heterocycles. The predicted molar refractivity (Wildman–Crippen MR) is 98.4 cm³/mol. The fourth-order valence-corrected chi connectivity index (χ4v) is 5.94. The van der Waals surface area contributed by atoms with Crippen molar-refractivity contribution >= 4 is 45.1 Å². The van der Waals surface area contributed by atoms with Crippen LogP contribution in [0.25, 0.3) is 0 Å². The molecule has 0 amide bonds. The Bertz CT molecular complexity index is 176. The van der Waals surface area contributed by atoms with E-state index in [2.05, 4.69) is 50.5 Å². The Morgan fingerprint density at radius 3 is 1.56 bits per heavy atom. The summed E-state index contributed by atoms with van der Waals surface area (Å²) in [6.45, 7) is 11.8. The smallest absolute Gasteiger partial charge is 0.0215 e. The molecule has 18 heavy (non-hydrogen) atoms. The molecule has 0 nitrogen and oxygen atoms in total. The molecule has 4 heteroatoms. The highest BCUT2D eigenvalue weighted by Crippen LogP contribution is 2.32. The first kappa shape index (κ1) is 18.9. The van der Waals surface area contributed by atoms with Gasteiger partial charge in [0, 0.05) is 33.5 Å². The summed E-state index contributed by atoms with van der Waals surface area (Å²) in [7, 11) is 3.61. The fraction of sp³-hybridized carbons (Fsp3) is 0.714. The molecule has 0 radical (unpaired) electrons. The van der Waals surface area contributed by atoms with Gasteiger partial charge in [-0.05, 0) is 12.8 Å². The SMILES string of the molecule is C=CCSSCC=C.CCC1CSC(CC)CS1. The molecule has 0 aromatic rings. The molecule has 1 heterocycles. The summed E-state index contributed by atoms with van der Waals surface area (Å²) >= 11 is 4.35. The molecule has 0 bridgehead atoms. The molecule has 1 aliphatic rings.